The second kappa shape index (κ2) is 6.22. The Morgan fingerprint density at radius 2 is 2.11 bits per heavy atom. The molecular weight excluding hydrogens is 262 g/mol. The fourth-order valence-corrected chi connectivity index (χ4v) is 2.59. The third kappa shape index (κ3) is 2.82. The molecule has 1 saturated heterocycles. The zero-order valence-corrected chi connectivity index (χ0v) is 11.9. The topological polar surface area (TPSA) is 29.5 Å². The molecule has 1 heterocycles. The first-order valence-corrected chi connectivity index (χ1v) is 6.92. The Morgan fingerprint density at radius 1 is 1.42 bits per heavy atom. The number of carbonyl (C=O) groups is 1. The Morgan fingerprint density at radius 3 is 2.68 bits per heavy atom. The first-order chi connectivity index (χ1) is 9.19. The van der Waals surface area contributed by atoms with Gasteiger partial charge in [-0.2, -0.15) is 0 Å². The van der Waals surface area contributed by atoms with Gasteiger partial charge in [-0.25, -0.2) is 0 Å². The molecule has 0 aromatic heterocycles. The molecule has 3 nitrogen and oxygen atoms in total. The van der Waals surface area contributed by atoms with Crippen LogP contribution in [0.5, 0.6) is 0 Å². The number of hydrogen-bond acceptors (Lipinski definition) is 2. The maximum absolute atomic E-state index is 12.0. The molecular formula is C15H18ClNO2. The fraction of sp³-hybridized carbons (Fsp3) is 0.400. The zero-order valence-electron chi connectivity index (χ0n) is 11.1. The van der Waals surface area contributed by atoms with Gasteiger partial charge in [-0.15, -0.1) is 11.6 Å². The van der Waals surface area contributed by atoms with E-state index >= 15 is 0 Å². The van der Waals surface area contributed by atoms with Crippen LogP contribution in [0.25, 0.3) is 0 Å². The summed E-state index contributed by atoms with van der Waals surface area (Å²) in [5.41, 5.74) is 1.08. The van der Waals surface area contributed by atoms with Crippen LogP contribution in [0.1, 0.15) is 25.5 Å². The van der Waals surface area contributed by atoms with Gasteiger partial charge in [0.05, 0.1) is 6.04 Å². The van der Waals surface area contributed by atoms with Gasteiger partial charge in [-0.05, 0) is 25.5 Å². The molecule has 0 bridgehead atoms. The maximum atomic E-state index is 12.0. The highest BCUT2D eigenvalue weighted by Gasteiger charge is 2.41. The molecule has 0 aliphatic carbocycles. The standard InChI is InChI=1S/C15H18ClNO2/c1-3-7-14-17(13(18)10-16)11(2)15(19-14)12-8-5-4-6-9-12/h3-9,11,14-15H,10H2,1-2H3/b7-3+/t11-,14?,15-/m0/s1. The highest BCUT2D eigenvalue weighted by atomic mass is 35.5. The number of allylic oxidation sites excluding steroid dienone is 1. The summed E-state index contributed by atoms with van der Waals surface area (Å²) in [4.78, 5) is 13.7. The Kier molecular flexibility index (Phi) is 4.61. The van der Waals surface area contributed by atoms with E-state index in [0.29, 0.717) is 0 Å². The SMILES string of the molecule is C/C=C/C1O[C@H](c2ccccc2)[C@H](C)N1C(=O)CCl. The van der Waals surface area contributed by atoms with Crippen LogP contribution in [0.2, 0.25) is 0 Å². The van der Waals surface area contributed by atoms with Crippen LogP contribution < -0.4 is 0 Å². The zero-order chi connectivity index (χ0) is 13.8. The molecule has 1 aliphatic heterocycles. The number of carbonyl (C=O) groups excluding carboxylic acids is 1. The number of nitrogens with zero attached hydrogens (tertiary/aromatic N) is 1. The van der Waals surface area contributed by atoms with E-state index in [0.717, 1.165) is 5.56 Å². The maximum Gasteiger partial charge on any atom is 0.240 e. The Labute approximate surface area is 118 Å². The van der Waals surface area contributed by atoms with Gasteiger partial charge >= 0.3 is 0 Å². The smallest absolute Gasteiger partial charge is 0.240 e. The van der Waals surface area contributed by atoms with Crippen molar-refractivity contribution in [3.05, 3.63) is 48.0 Å². The molecule has 1 fully saturated rings. The van der Waals surface area contributed by atoms with Crippen molar-refractivity contribution in [2.75, 3.05) is 5.88 Å². The average Bonchev–Trinajstić information content (AvgIpc) is 2.76. The van der Waals surface area contributed by atoms with Crippen molar-refractivity contribution in [1.82, 2.24) is 4.90 Å². The van der Waals surface area contributed by atoms with E-state index in [9.17, 15) is 4.79 Å². The minimum atomic E-state index is -0.337. The van der Waals surface area contributed by atoms with E-state index in [4.69, 9.17) is 16.3 Å². The van der Waals surface area contributed by atoms with Gasteiger partial charge in [0.25, 0.3) is 0 Å². The van der Waals surface area contributed by atoms with E-state index < -0.39 is 0 Å². The van der Waals surface area contributed by atoms with Crippen LogP contribution in [0, 0.1) is 0 Å². The highest BCUT2D eigenvalue weighted by Crippen LogP contribution is 2.35. The van der Waals surface area contributed by atoms with Crippen LogP contribution in [-0.4, -0.2) is 29.0 Å². The lowest BCUT2D eigenvalue weighted by atomic mass is 10.0. The van der Waals surface area contributed by atoms with Crippen molar-refractivity contribution in [2.24, 2.45) is 0 Å². The third-order valence-corrected chi connectivity index (χ3v) is 3.55. The number of halogens is 1. The van der Waals surface area contributed by atoms with Gasteiger partial charge in [0.2, 0.25) is 5.91 Å². The van der Waals surface area contributed by atoms with Crippen LogP contribution in [0.3, 0.4) is 0 Å². The predicted molar refractivity (Wildman–Crippen MR) is 75.9 cm³/mol. The summed E-state index contributed by atoms with van der Waals surface area (Å²) in [5.74, 6) is -0.126. The van der Waals surface area contributed by atoms with Gasteiger partial charge in [0, 0.05) is 0 Å². The molecule has 1 aromatic rings. The number of hydrogen-bond donors (Lipinski definition) is 0. The highest BCUT2D eigenvalue weighted by molar-refractivity contribution is 6.27. The van der Waals surface area contributed by atoms with Crippen molar-refractivity contribution < 1.29 is 9.53 Å². The molecule has 1 aliphatic rings. The van der Waals surface area contributed by atoms with E-state index in [1.54, 1.807) is 4.90 Å². The predicted octanol–water partition coefficient (Wildman–Crippen LogP) is 3.12. The summed E-state index contributed by atoms with van der Waals surface area (Å²) in [6.45, 7) is 3.90. The van der Waals surface area contributed by atoms with Crippen molar-refractivity contribution >= 4 is 17.5 Å². The Hall–Kier alpha value is -1.32. The summed E-state index contributed by atoms with van der Waals surface area (Å²) in [6, 6.07) is 9.92. The summed E-state index contributed by atoms with van der Waals surface area (Å²) in [6.07, 6.45) is 3.31. The second-order valence-corrected chi connectivity index (χ2v) is 4.83. The first kappa shape index (κ1) is 14.1. The van der Waals surface area contributed by atoms with Crippen LogP contribution >= 0.6 is 11.6 Å². The number of rotatable bonds is 3. The minimum absolute atomic E-state index is 0.0245. The number of amides is 1. The van der Waals surface area contributed by atoms with Crippen molar-refractivity contribution in [3.8, 4) is 0 Å². The third-order valence-electron chi connectivity index (χ3n) is 3.32. The lowest BCUT2D eigenvalue weighted by Crippen LogP contribution is -2.40. The van der Waals surface area contributed by atoms with Crippen LogP contribution in [0.4, 0.5) is 0 Å². The van der Waals surface area contributed by atoms with Crippen LogP contribution in [-0.2, 0) is 9.53 Å². The molecule has 0 N–H and O–H groups in total. The quantitative estimate of drug-likeness (QED) is 0.628. The molecule has 102 valence electrons. The molecule has 1 amide bonds. The summed E-state index contributed by atoms with van der Waals surface area (Å²) in [7, 11) is 0. The molecule has 0 radical (unpaired) electrons. The minimum Gasteiger partial charge on any atom is -0.345 e. The molecule has 19 heavy (non-hydrogen) atoms. The molecule has 1 unspecified atom stereocenters. The van der Waals surface area contributed by atoms with Gasteiger partial charge in [-0.1, -0.05) is 36.4 Å². The van der Waals surface area contributed by atoms with Gasteiger partial charge in [-0.3, -0.25) is 4.79 Å². The van der Waals surface area contributed by atoms with Gasteiger partial charge < -0.3 is 9.64 Å². The normalized spacial score (nSPS) is 27.1. The Bertz CT molecular complexity index is 460. The lowest BCUT2D eigenvalue weighted by Gasteiger charge is -2.24. The Balaban J connectivity index is 2.28. The largest absolute Gasteiger partial charge is 0.345 e. The summed E-state index contributed by atoms with van der Waals surface area (Å²) in [5, 5.41) is 0. The number of benzene rings is 1. The second-order valence-electron chi connectivity index (χ2n) is 4.56. The first-order valence-electron chi connectivity index (χ1n) is 6.39. The van der Waals surface area contributed by atoms with E-state index in [1.807, 2.05) is 56.3 Å². The van der Waals surface area contributed by atoms with Gasteiger partial charge in [0.1, 0.15) is 12.0 Å². The van der Waals surface area contributed by atoms with E-state index in [2.05, 4.69) is 0 Å². The molecule has 2 rings (SSSR count). The molecule has 1 aromatic carbocycles. The summed E-state index contributed by atoms with van der Waals surface area (Å²) < 4.78 is 6.00. The molecule has 0 spiro atoms. The number of ether oxygens (including phenoxy) is 1. The van der Waals surface area contributed by atoms with Crippen molar-refractivity contribution in [1.29, 1.82) is 0 Å². The molecule has 3 atom stereocenters. The van der Waals surface area contributed by atoms with Crippen molar-refractivity contribution in [3.63, 3.8) is 0 Å². The van der Waals surface area contributed by atoms with Crippen molar-refractivity contribution in [2.45, 2.75) is 32.2 Å². The van der Waals surface area contributed by atoms with E-state index in [1.165, 1.54) is 0 Å². The monoisotopic (exact) mass is 279 g/mol. The molecule has 4 heteroatoms. The van der Waals surface area contributed by atoms with Gasteiger partial charge in [0.15, 0.2) is 6.23 Å². The average molecular weight is 280 g/mol. The number of alkyl halides is 1. The molecule has 0 saturated carbocycles. The van der Waals surface area contributed by atoms with E-state index in [-0.39, 0.29) is 30.2 Å². The van der Waals surface area contributed by atoms with Crippen LogP contribution in [0.15, 0.2) is 42.5 Å². The summed E-state index contributed by atoms with van der Waals surface area (Å²) >= 11 is 5.69. The lowest BCUT2D eigenvalue weighted by molar-refractivity contribution is -0.132. The fourth-order valence-electron chi connectivity index (χ4n) is 2.45.